The number of ether oxygens (including phenoxy) is 8. The van der Waals surface area contributed by atoms with E-state index in [9.17, 15) is 37.2 Å². The lowest BCUT2D eigenvalue weighted by Crippen LogP contribution is -2.27. The van der Waals surface area contributed by atoms with Crippen LogP contribution in [0, 0.1) is 62.3 Å². The van der Waals surface area contributed by atoms with Crippen LogP contribution in [0.15, 0.2) is 103 Å². The zero-order chi connectivity index (χ0) is 75.8. The molecule has 0 aromatic carbocycles. The van der Waals surface area contributed by atoms with Gasteiger partial charge in [-0.25, -0.2) is 19.2 Å². The van der Waals surface area contributed by atoms with Gasteiger partial charge in [0.05, 0.1) is 25.3 Å². The fraction of sp³-hybridized carbons (Fsp3) is 0.405. The predicted molar refractivity (Wildman–Crippen MR) is 539 cm³/mol. The Morgan fingerprint density at radius 1 is 0.381 bits per heavy atom. The van der Waals surface area contributed by atoms with E-state index in [1.165, 1.54) is 79.5 Å². The van der Waals surface area contributed by atoms with E-state index in [1.807, 2.05) is 130 Å². The number of methoxy groups -OCH3 is 2. The molecule has 0 atom stereocenters. The van der Waals surface area contributed by atoms with Crippen molar-refractivity contribution in [3.63, 3.8) is 0 Å². The number of hydrogen-bond donors (Lipinski definition) is 1. The molecule has 0 aliphatic heterocycles. The molecule has 2 amide bonds. The van der Waals surface area contributed by atoms with Crippen LogP contribution in [0.3, 0.4) is 0 Å². The summed E-state index contributed by atoms with van der Waals surface area (Å²) in [5.41, 5.74) is 1.49. The quantitative estimate of drug-likeness (QED) is 0.0719. The molecule has 0 saturated carbocycles. The molecule has 0 aliphatic carbocycles. The molecule has 9 heterocycles. The standard InChI is InChI=1S/C8H11NO2S.C8H11NOS.C7H11NO3S2.C7H9NOS2.C7H8O3S.C7H8O2S2.2C7H8O2S.C7H8OS3.9CH4.9B/c1-6-7(4-5-12-6)11-8(10)9(2)3;1-6-7(4-5-11-6)8(10)9(2)3;1-6-7(4-5-12-6)11-13(9,10)8(2)3;1-5-6(3-4-11-5)9-7(10)8-2;1-5-6(3-4-11-5)10-7(8)9-2;1-5-6(3-4-11-5)9-7(8)10-2;1-5-6(3-4-10-5)7(8)9-2;1-5-7(3-4-10-5)9-6(2)8;1-5-6(3-4-11-5)8-7(9)10-2;;;;;;;;;;;;;;;;;;/h4-5H,1-3H3;4-5H,1-3H3;4-5H,1-3H3;3-4H,1-2H3,(H,8,10);2*3-4H,1-2H3;2*3-4H,1-2H3;3-4H,1-2H3;9*1H4;;;;;;;;;. The number of amides is 2. The SMILES string of the molecule is C.C.C.C.C.C.C.C.C.CC(=O)Oc1ccsc1C.CNC(=S)Oc1ccsc1C.COC(=O)Oc1ccsc1C.COC(=O)c1ccsc1C.CSC(=O)Oc1ccsc1C.CSC(=S)Oc1ccsc1C.Cc1sccc1C(=O)N(C)C.Cc1sccc1OC(=O)N(C)C.Cc1sccc1OS(=O)(=O)N(C)C.[B].[B].[B].[B].[B].[B].[B].[B].[B]. The Morgan fingerprint density at radius 3 is 0.924 bits per heavy atom. The Morgan fingerprint density at radius 2 is 0.669 bits per heavy atom. The van der Waals surface area contributed by atoms with Crippen LogP contribution in [0.2, 0.25) is 0 Å². The highest BCUT2D eigenvalue weighted by atomic mass is 32.2. The van der Waals surface area contributed by atoms with Gasteiger partial charge in [0.25, 0.3) is 11.1 Å². The van der Waals surface area contributed by atoms with Crippen LogP contribution in [-0.2, 0) is 24.6 Å². The first-order chi connectivity index (χ1) is 47.1. The summed E-state index contributed by atoms with van der Waals surface area (Å²) in [6, 6.07) is 16.2. The fourth-order valence-corrected chi connectivity index (χ4v) is 12.8. The van der Waals surface area contributed by atoms with E-state index in [0.717, 1.165) is 72.1 Å². The Kier molecular flexibility index (Phi) is 113. The number of thiophene rings is 9. The second-order valence-corrected chi connectivity index (χ2v) is 33.7. The maximum absolute atomic E-state index is 11.4. The van der Waals surface area contributed by atoms with Crippen molar-refractivity contribution in [3.05, 3.63) is 158 Å². The van der Waals surface area contributed by atoms with E-state index in [4.69, 9.17) is 57.0 Å². The number of hydrogen-bond acceptors (Lipinski definition) is 30. The summed E-state index contributed by atoms with van der Waals surface area (Å²) in [6.07, 6.45) is 2.59. The molecular formula is C74H118B9N4O17S14. The van der Waals surface area contributed by atoms with Crippen molar-refractivity contribution < 1.29 is 79.3 Å². The monoisotopic (exact) mass is 1880 g/mol. The van der Waals surface area contributed by atoms with E-state index in [1.54, 1.807) is 168 Å². The molecule has 0 unspecified atom stereocenters. The van der Waals surface area contributed by atoms with E-state index in [-0.39, 0.29) is 172 Å². The lowest BCUT2D eigenvalue weighted by atomic mass is 10.2. The Balaban J connectivity index is -0.0000000585. The van der Waals surface area contributed by atoms with Crippen molar-refractivity contribution >= 4 is 281 Å². The van der Waals surface area contributed by atoms with Crippen LogP contribution in [0.1, 0.15) is 138 Å². The number of aryl methyl sites for hydroxylation is 9. The van der Waals surface area contributed by atoms with E-state index in [2.05, 4.69) is 14.8 Å². The lowest BCUT2D eigenvalue weighted by Gasteiger charge is -2.11. The van der Waals surface area contributed by atoms with Gasteiger partial charge in [-0.3, -0.25) is 9.59 Å². The third-order valence-corrected chi connectivity index (χ3v) is 21.9. The van der Waals surface area contributed by atoms with E-state index in [0.29, 0.717) is 43.9 Å². The molecule has 0 bridgehead atoms. The molecule has 0 saturated heterocycles. The third-order valence-electron chi connectivity index (χ3n) is 11.4. The van der Waals surface area contributed by atoms with E-state index >= 15 is 0 Å². The number of nitrogens with one attached hydrogen (secondary N) is 1. The van der Waals surface area contributed by atoms with Gasteiger partial charge in [-0.15, -0.1) is 102 Å². The van der Waals surface area contributed by atoms with Gasteiger partial charge in [-0.1, -0.05) is 78.6 Å². The maximum Gasteiger partial charge on any atom is 0.513 e. The molecule has 21 nitrogen and oxygen atoms in total. The second kappa shape index (κ2) is 84.9. The molecule has 647 valence electrons. The van der Waals surface area contributed by atoms with Crippen LogP contribution in [0.4, 0.5) is 14.4 Å². The molecule has 9 aromatic rings. The molecule has 0 spiro atoms. The number of thioether (sulfide) groups is 2. The van der Waals surface area contributed by atoms with Crippen molar-refractivity contribution in [1.82, 2.24) is 19.4 Å². The minimum Gasteiger partial charge on any atom is -0.465 e. The molecule has 44 heteroatoms. The number of carbonyl (C=O) groups is 6. The highest BCUT2D eigenvalue weighted by molar-refractivity contribution is 8.22. The largest absolute Gasteiger partial charge is 0.513 e. The van der Waals surface area contributed by atoms with Crippen molar-refractivity contribution in [2.75, 3.05) is 76.1 Å². The molecule has 9 rings (SSSR count). The van der Waals surface area contributed by atoms with Crippen molar-refractivity contribution in [2.24, 2.45) is 0 Å². The maximum atomic E-state index is 11.4. The fourth-order valence-electron chi connectivity index (χ4n) is 5.96. The first kappa shape index (κ1) is 156. The summed E-state index contributed by atoms with van der Waals surface area (Å²) >= 11 is 26.4. The summed E-state index contributed by atoms with van der Waals surface area (Å²) in [7, 11) is 10.5. The zero-order valence-corrected chi connectivity index (χ0v) is 75.5. The highest BCUT2D eigenvalue weighted by Crippen LogP contribution is 2.29. The highest BCUT2D eigenvalue weighted by Gasteiger charge is 2.18. The van der Waals surface area contributed by atoms with Gasteiger partial charge in [0.15, 0.2) is 5.75 Å². The number of thiocarbonyl (C=S) groups is 2. The smallest absolute Gasteiger partial charge is 0.465 e. The van der Waals surface area contributed by atoms with Gasteiger partial charge in [-0.05, 0) is 214 Å². The third kappa shape index (κ3) is 62.4. The summed E-state index contributed by atoms with van der Waals surface area (Å²) in [5.74, 6) is 4.28. The Bertz CT molecular complexity index is 3880. The van der Waals surface area contributed by atoms with Crippen LogP contribution in [-0.4, -0.2) is 219 Å². The minimum atomic E-state index is -3.60. The number of carbonyl (C=O) groups excluding carboxylic acids is 6. The second-order valence-electron chi connectivity index (χ2n) is 19.3. The van der Waals surface area contributed by atoms with Gasteiger partial charge in [0.2, 0.25) is 4.38 Å². The summed E-state index contributed by atoms with van der Waals surface area (Å²) in [4.78, 5) is 77.4. The summed E-state index contributed by atoms with van der Waals surface area (Å²) < 4.78 is 68.1. The van der Waals surface area contributed by atoms with Gasteiger partial charge < -0.3 is 57.2 Å². The normalized spacial score (nSPS) is 8.32. The van der Waals surface area contributed by atoms with Crippen molar-refractivity contribution in [3.8, 4) is 40.2 Å². The average Bonchev–Trinajstić information content (AvgIpc) is 1.70. The van der Waals surface area contributed by atoms with Gasteiger partial charge in [0, 0.05) is 176 Å². The topological polar surface area (TPSA) is 241 Å². The average molecular weight is 1880 g/mol. The van der Waals surface area contributed by atoms with Crippen LogP contribution < -0.4 is 37.9 Å². The van der Waals surface area contributed by atoms with Crippen LogP contribution in [0.25, 0.3) is 0 Å². The number of rotatable bonds is 11. The molecule has 0 aliphatic rings. The first-order valence-corrected chi connectivity index (χ1v) is 41.2. The van der Waals surface area contributed by atoms with Gasteiger partial charge in [0.1, 0.15) is 34.5 Å². The van der Waals surface area contributed by atoms with Gasteiger partial charge >= 0.3 is 39.8 Å². The van der Waals surface area contributed by atoms with E-state index < -0.39 is 16.5 Å². The summed E-state index contributed by atoms with van der Waals surface area (Å²) in [5, 5.41) is 20.0. The molecule has 0 fully saturated rings. The zero-order valence-electron chi connectivity index (χ0n) is 64.1. The molecule has 27 radical (unpaired) electrons. The predicted octanol–water partition coefficient (Wildman–Crippen LogP) is 21.4. The number of nitrogens with zero attached hydrogens (tertiary/aromatic N) is 3. The van der Waals surface area contributed by atoms with Crippen LogP contribution in [0.5, 0.6) is 40.2 Å². The van der Waals surface area contributed by atoms with Crippen molar-refractivity contribution in [2.45, 2.75) is 136 Å². The Labute approximate surface area is 782 Å². The molecule has 118 heavy (non-hydrogen) atoms. The minimum absolute atomic E-state index is 0. The van der Waals surface area contributed by atoms with Crippen LogP contribution >= 0.6 is 150 Å². The van der Waals surface area contributed by atoms with Crippen molar-refractivity contribution in [1.29, 1.82) is 0 Å². The summed E-state index contributed by atoms with van der Waals surface area (Å²) in [6.45, 7) is 18.7. The first-order valence-electron chi connectivity index (χ1n) is 28.6. The number of esters is 2. The van der Waals surface area contributed by atoms with Gasteiger partial charge in [-0.2, -0.15) is 12.7 Å². The molecule has 1 N–H and O–H groups in total. The Hall–Kier alpha value is -5.71. The molecule has 9 aromatic heterocycles. The molecular weight excluding hydrogens is 1760 g/mol. The lowest BCUT2D eigenvalue weighted by molar-refractivity contribution is -0.131.